The summed E-state index contributed by atoms with van der Waals surface area (Å²) in [6, 6.07) is 5.86. The second-order valence-electron chi connectivity index (χ2n) is 2.58. The van der Waals surface area contributed by atoms with E-state index in [-0.39, 0.29) is 5.56 Å². The fraction of sp³-hybridized carbons (Fsp3) is 0.111. The monoisotopic (exact) mass is 193 g/mol. The highest BCUT2D eigenvalue weighted by Crippen LogP contribution is 2.06. The number of hydrogen-bond acceptors (Lipinski definition) is 4. The van der Waals surface area contributed by atoms with Crippen molar-refractivity contribution in [1.82, 2.24) is 0 Å². The van der Waals surface area contributed by atoms with E-state index in [1.54, 1.807) is 18.2 Å². The van der Waals surface area contributed by atoms with Gasteiger partial charge in [0.25, 0.3) is 6.04 Å². The van der Waals surface area contributed by atoms with Gasteiger partial charge in [0.2, 0.25) is 5.78 Å². The van der Waals surface area contributed by atoms with E-state index in [2.05, 4.69) is 5.18 Å². The number of carboxylic acids is 1. The van der Waals surface area contributed by atoms with Crippen LogP contribution in [0.1, 0.15) is 10.4 Å². The lowest BCUT2D eigenvalue weighted by Gasteiger charge is -2.01. The normalized spacial score (nSPS) is 11.7. The third kappa shape index (κ3) is 2.01. The van der Waals surface area contributed by atoms with Crippen LogP contribution in [-0.2, 0) is 4.79 Å². The number of carbonyl (C=O) groups excluding carboxylic acids is 1. The Morgan fingerprint density at radius 2 is 1.79 bits per heavy atom. The van der Waals surface area contributed by atoms with Crippen LogP contribution >= 0.6 is 0 Å². The van der Waals surface area contributed by atoms with Gasteiger partial charge in [-0.3, -0.25) is 4.79 Å². The zero-order valence-electron chi connectivity index (χ0n) is 7.08. The minimum atomic E-state index is -1.85. The van der Waals surface area contributed by atoms with Crippen molar-refractivity contribution >= 4 is 11.8 Å². The van der Waals surface area contributed by atoms with Crippen LogP contribution in [0.25, 0.3) is 0 Å². The van der Waals surface area contributed by atoms with Gasteiger partial charge in [-0.15, -0.1) is 4.91 Å². The minimum absolute atomic E-state index is 0.166. The van der Waals surface area contributed by atoms with E-state index in [4.69, 9.17) is 5.11 Å². The fourth-order valence-electron chi connectivity index (χ4n) is 0.965. The first-order chi connectivity index (χ1) is 6.66. The molecule has 0 heterocycles. The molecule has 0 aliphatic rings. The van der Waals surface area contributed by atoms with Crippen LogP contribution < -0.4 is 0 Å². The number of Topliss-reactive ketones (excluding diaryl/α,β-unsaturated/α-hetero) is 1. The smallest absolute Gasteiger partial charge is 0.340 e. The molecule has 0 amide bonds. The Morgan fingerprint density at radius 3 is 2.21 bits per heavy atom. The van der Waals surface area contributed by atoms with Gasteiger partial charge < -0.3 is 5.11 Å². The number of carbonyl (C=O) groups is 2. The Kier molecular flexibility index (Phi) is 3.06. The van der Waals surface area contributed by atoms with Gasteiger partial charge in [0, 0.05) is 5.56 Å². The van der Waals surface area contributed by atoms with Crippen LogP contribution in [0.4, 0.5) is 0 Å². The number of nitroso groups, excluding NO2 is 1. The zero-order chi connectivity index (χ0) is 10.6. The van der Waals surface area contributed by atoms with Crippen molar-refractivity contribution in [3.8, 4) is 0 Å². The van der Waals surface area contributed by atoms with Crippen LogP contribution in [0.5, 0.6) is 0 Å². The molecule has 0 aliphatic carbocycles. The van der Waals surface area contributed by atoms with Crippen LogP contribution in [0.3, 0.4) is 0 Å². The molecule has 5 nitrogen and oxygen atoms in total. The number of nitrogens with zero attached hydrogens (tertiary/aromatic N) is 1. The van der Waals surface area contributed by atoms with Crippen molar-refractivity contribution in [2.75, 3.05) is 0 Å². The van der Waals surface area contributed by atoms with Gasteiger partial charge in [-0.05, 0) is 5.18 Å². The fourth-order valence-corrected chi connectivity index (χ4v) is 0.965. The number of rotatable bonds is 4. The second kappa shape index (κ2) is 4.27. The van der Waals surface area contributed by atoms with Crippen molar-refractivity contribution < 1.29 is 14.7 Å². The predicted molar refractivity (Wildman–Crippen MR) is 48.0 cm³/mol. The first-order valence-corrected chi connectivity index (χ1v) is 3.81. The minimum Gasteiger partial charge on any atom is -0.479 e. The molecule has 1 atom stereocenters. The van der Waals surface area contributed by atoms with Gasteiger partial charge in [0.15, 0.2) is 0 Å². The van der Waals surface area contributed by atoms with E-state index in [1.807, 2.05) is 0 Å². The Bertz CT molecular complexity index is 360. The number of aliphatic carboxylic acids is 1. The maximum absolute atomic E-state index is 11.3. The quantitative estimate of drug-likeness (QED) is 0.440. The van der Waals surface area contributed by atoms with E-state index >= 15 is 0 Å². The summed E-state index contributed by atoms with van der Waals surface area (Å²) < 4.78 is 0. The summed E-state index contributed by atoms with van der Waals surface area (Å²) in [4.78, 5) is 31.9. The molecule has 1 N–H and O–H groups in total. The topological polar surface area (TPSA) is 83.8 Å². The van der Waals surface area contributed by atoms with Gasteiger partial charge in [-0.1, -0.05) is 30.3 Å². The first kappa shape index (κ1) is 10.0. The molecule has 72 valence electrons. The molecule has 0 saturated heterocycles. The lowest BCUT2D eigenvalue weighted by Crippen LogP contribution is -2.27. The highest BCUT2D eigenvalue weighted by Gasteiger charge is 2.27. The van der Waals surface area contributed by atoms with Crippen LogP contribution in [-0.4, -0.2) is 22.9 Å². The predicted octanol–water partition coefficient (Wildman–Crippen LogP) is 1.09. The number of carboxylic acid groups (broad SMARTS) is 1. The van der Waals surface area contributed by atoms with E-state index in [9.17, 15) is 14.5 Å². The summed E-state index contributed by atoms with van der Waals surface area (Å²) >= 11 is 0. The second-order valence-corrected chi connectivity index (χ2v) is 2.58. The number of ketones is 1. The Balaban J connectivity index is 2.95. The van der Waals surface area contributed by atoms with Crippen molar-refractivity contribution in [2.24, 2.45) is 5.18 Å². The Morgan fingerprint density at radius 1 is 1.21 bits per heavy atom. The molecule has 0 radical (unpaired) electrons. The molecule has 5 heteroatoms. The maximum atomic E-state index is 11.3. The molecule has 14 heavy (non-hydrogen) atoms. The molecule has 0 saturated carbocycles. The van der Waals surface area contributed by atoms with Gasteiger partial charge in [-0.2, -0.15) is 0 Å². The van der Waals surface area contributed by atoms with Crippen molar-refractivity contribution in [1.29, 1.82) is 0 Å². The molecular formula is C9H7NO4. The summed E-state index contributed by atoms with van der Waals surface area (Å²) in [5, 5.41) is 10.8. The number of hydrogen-bond donors (Lipinski definition) is 1. The molecule has 0 bridgehead atoms. The molecule has 1 rings (SSSR count). The largest absolute Gasteiger partial charge is 0.479 e. The molecule has 1 aromatic carbocycles. The molecule has 1 aromatic rings. The molecular weight excluding hydrogens is 186 g/mol. The standard InChI is InChI=1S/C9H7NO4/c11-8(7(10-14)9(12)13)6-4-2-1-3-5-6/h1-5,7H,(H,12,13). The Hall–Kier alpha value is -2.04. The van der Waals surface area contributed by atoms with Crippen LogP contribution in [0.15, 0.2) is 35.5 Å². The molecule has 0 aromatic heterocycles. The van der Waals surface area contributed by atoms with Gasteiger partial charge in [0.05, 0.1) is 0 Å². The summed E-state index contributed by atoms with van der Waals surface area (Å²) in [5.41, 5.74) is 0.166. The first-order valence-electron chi connectivity index (χ1n) is 3.81. The van der Waals surface area contributed by atoms with E-state index in [1.165, 1.54) is 12.1 Å². The van der Waals surface area contributed by atoms with Crippen molar-refractivity contribution in [2.45, 2.75) is 6.04 Å². The average Bonchev–Trinajstić information content (AvgIpc) is 2.19. The molecule has 1 unspecified atom stereocenters. The lowest BCUT2D eigenvalue weighted by molar-refractivity contribution is -0.137. The molecule has 0 fully saturated rings. The maximum Gasteiger partial charge on any atom is 0.340 e. The molecule has 0 spiro atoms. The van der Waals surface area contributed by atoms with E-state index in [0.717, 1.165) is 0 Å². The summed E-state index contributed by atoms with van der Waals surface area (Å²) in [5.74, 6) is -2.33. The highest BCUT2D eigenvalue weighted by atomic mass is 16.4. The summed E-state index contributed by atoms with van der Waals surface area (Å²) in [6.07, 6.45) is 0. The van der Waals surface area contributed by atoms with Crippen molar-refractivity contribution in [3.05, 3.63) is 40.8 Å². The van der Waals surface area contributed by atoms with Crippen molar-refractivity contribution in [3.63, 3.8) is 0 Å². The number of benzene rings is 1. The third-order valence-electron chi connectivity index (χ3n) is 1.65. The van der Waals surface area contributed by atoms with Gasteiger partial charge in [0.1, 0.15) is 0 Å². The molecule has 0 aliphatic heterocycles. The van der Waals surface area contributed by atoms with E-state index < -0.39 is 17.8 Å². The van der Waals surface area contributed by atoms with Gasteiger partial charge >= 0.3 is 5.97 Å². The zero-order valence-corrected chi connectivity index (χ0v) is 7.08. The Labute approximate surface area is 79.3 Å². The van der Waals surface area contributed by atoms with E-state index in [0.29, 0.717) is 0 Å². The SMILES string of the molecule is O=NC(C(=O)O)C(=O)c1ccccc1. The average molecular weight is 193 g/mol. The van der Waals surface area contributed by atoms with Gasteiger partial charge in [-0.25, -0.2) is 4.79 Å². The van der Waals surface area contributed by atoms with Crippen LogP contribution in [0.2, 0.25) is 0 Å². The summed E-state index contributed by atoms with van der Waals surface area (Å²) in [7, 11) is 0. The summed E-state index contributed by atoms with van der Waals surface area (Å²) in [6.45, 7) is 0. The lowest BCUT2D eigenvalue weighted by atomic mass is 10.1. The third-order valence-corrected chi connectivity index (χ3v) is 1.65. The highest BCUT2D eigenvalue weighted by molar-refractivity contribution is 6.11. The van der Waals surface area contributed by atoms with Crippen LogP contribution in [0, 0.1) is 4.91 Å².